The maximum absolute atomic E-state index is 10.9. The summed E-state index contributed by atoms with van der Waals surface area (Å²) in [7, 11) is 3.80. The van der Waals surface area contributed by atoms with Crippen LogP contribution >= 0.6 is 10.7 Å². The molecule has 0 fully saturated rings. The van der Waals surface area contributed by atoms with Gasteiger partial charge < -0.3 is 5.11 Å². The van der Waals surface area contributed by atoms with E-state index in [1.165, 1.54) is 12.4 Å². The molecule has 15 heavy (non-hydrogen) atoms. The number of aliphatic hydroxyl groups is 1. The maximum Gasteiger partial charge on any atom is 0.149 e. The normalized spacial score (nSPS) is 12.7. The van der Waals surface area contributed by atoms with Gasteiger partial charge in [0.05, 0.1) is 10.5 Å². The first-order chi connectivity index (χ1) is 6.91. The Bertz CT molecular complexity index is 336. The molecule has 1 atom stereocenters. The van der Waals surface area contributed by atoms with E-state index in [0.717, 1.165) is 0 Å². The van der Waals surface area contributed by atoms with Gasteiger partial charge >= 0.3 is 0 Å². The molecular formula is C10H16ClNO2S. The van der Waals surface area contributed by atoms with Crippen molar-refractivity contribution in [3.05, 3.63) is 24.0 Å². The number of rotatable bonds is 2. The maximum atomic E-state index is 10.9. The summed E-state index contributed by atoms with van der Waals surface area (Å²) >= 11 is 0. The second-order valence-electron chi connectivity index (χ2n) is 3.19. The van der Waals surface area contributed by atoms with Crippen LogP contribution in [0.15, 0.2) is 23.4 Å². The van der Waals surface area contributed by atoms with Crippen LogP contribution in [0.25, 0.3) is 0 Å². The topological polar surface area (TPSA) is 50.2 Å². The van der Waals surface area contributed by atoms with E-state index in [4.69, 9.17) is 10.7 Å². The van der Waals surface area contributed by atoms with E-state index < -0.39 is 15.6 Å². The highest BCUT2D eigenvalue weighted by Gasteiger charge is 2.17. The molecule has 0 aromatic carbocycles. The molecule has 0 bridgehead atoms. The quantitative estimate of drug-likeness (QED) is 0.820. The zero-order valence-corrected chi connectivity index (χ0v) is 10.9. The van der Waals surface area contributed by atoms with Gasteiger partial charge in [-0.1, -0.05) is 13.8 Å². The lowest BCUT2D eigenvalue weighted by Crippen LogP contribution is -2.15. The van der Waals surface area contributed by atoms with Crippen molar-refractivity contribution in [1.82, 2.24) is 4.98 Å². The zero-order chi connectivity index (χ0) is 12.1. The van der Waals surface area contributed by atoms with Crippen LogP contribution in [0.1, 0.15) is 33.3 Å². The van der Waals surface area contributed by atoms with E-state index in [0.29, 0.717) is 10.5 Å². The predicted octanol–water partition coefficient (Wildman–Crippen LogP) is 2.60. The Morgan fingerprint density at radius 2 is 1.93 bits per heavy atom. The molecular weight excluding hydrogens is 234 g/mol. The van der Waals surface area contributed by atoms with Crippen LogP contribution in [-0.4, -0.2) is 14.3 Å². The molecule has 5 heteroatoms. The summed E-state index contributed by atoms with van der Waals surface area (Å²) < 4.78 is 10.9. The fraction of sp³-hybridized carbons (Fsp3) is 0.500. The van der Waals surface area contributed by atoms with Gasteiger partial charge in [-0.3, -0.25) is 4.98 Å². The van der Waals surface area contributed by atoms with Gasteiger partial charge in [0.15, 0.2) is 0 Å². The van der Waals surface area contributed by atoms with Gasteiger partial charge in [0, 0.05) is 18.0 Å². The summed E-state index contributed by atoms with van der Waals surface area (Å²) in [6.07, 6.45) is 2.94. The number of aromatic nitrogens is 1. The Morgan fingerprint density at radius 3 is 2.33 bits per heavy atom. The minimum absolute atomic E-state index is 0.404. The third-order valence-electron chi connectivity index (χ3n) is 1.60. The first kappa shape index (κ1) is 14.6. The van der Waals surface area contributed by atoms with Gasteiger partial charge in [0.1, 0.15) is 10.0 Å². The summed E-state index contributed by atoms with van der Waals surface area (Å²) in [6.45, 7) is 7.26. The molecule has 1 aromatic rings. The van der Waals surface area contributed by atoms with Crippen molar-refractivity contribution in [2.75, 3.05) is 0 Å². The molecule has 1 N–H and O–H groups in total. The third-order valence-corrected chi connectivity index (χ3v) is 2.73. The molecule has 0 saturated carbocycles. The van der Waals surface area contributed by atoms with Crippen LogP contribution in [0.5, 0.6) is 0 Å². The summed E-state index contributed by atoms with van der Waals surface area (Å²) in [6, 6.07) is 1.58. The Balaban J connectivity index is 0.000000921. The number of pyridine rings is 1. The van der Waals surface area contributed by atoms with Gasteiger partial charge in [-0.05, 0) is 30.6 Å². The van der Waals surface area contributed by atoms with Gasteiger partial charge in [-0.2, -0.15) is 0 Å². The molecule has 0 spiro atoms. The molecule has 1 unspecified atom stereocenters. The molecule has 0 radical (unpaired) electrons. The van der Waals surface area contributed by atoms with Crippen LogP contribution in [0.2, 0.25) is 0 Å². The third kappa shape index (κ3) is 4.73. The SMILES string of the molecule is CC.CC(C)(O)c1cncc(S(=O)Cl)c1. The fourth-order valence-corrected chi connectivity index (χ4v) is 1.46. The summed E-state index contributed by atoms with van der Waals surface area (Å²) in [5.41, 5.74) is -0.391. The van der Waals surface area contributed by atoms with Crippen molar-refractivity contribution in [1.29, 1.82) is 0 Å². The van der Waals surface area contributed by atoms with Crippen LogP contribution in [0.3, 0.4) is 0 Å². The smallest absolute Gasteiger partial charge is 0.149 e. The second kappa shape index (κ2) is 6.20. The van der Waals surface area contributed by atoms with E-state index in [1.807, 2.05) is 13.8 Å². The molecule has 1 heterocycles. The monoisotopic (exact) mass is 249 g/mol. The molecule has 0 aliphatic rings. The average molecular weight is 250 g/mol. The molecule has 3 nitrogen and oxygen atoms in total. The van der Waals surface area contributed by atoms with Crippen LogP contribution < -0.4 is 0 Å². The van der Waals surface area contributed by atoms with Crippen molar-refractivity contribution >= 4 is 20.7 Å². The molecule has 0 aliphatic carbocycles. The van der Waals surface area contributed by atoms with Crippen molar-refractivity contribution in [2.45, 2.75) is 38.2 Å². The van der Waals surface area contributed by atoms with E-state index in [1.54, 1.807) is 19.9 Å². The van der Waals surface area contributed by atoms with Gasteiger partial charge in [0.2, 0.25) is 0 Å². The summed E-state index contributed by atoms with van der Waals surface area (Å²) in [5.74, 6) is 0. The summed E-state index contributed by atoms with van der Waals surface area (Å²) in [4.78, 5) is 4.24. The Morgan fingerprint density at radius 1 is 1.40 bits per heavy atom. The Kier molecular flexibility index (Phi) is 6.02. The number of hydrogen-bond acceptors (Lipinski definition) is 3. The number of nitrogens with zero attached hydrogens (tertiary/aromatic N) is 1. The van der Waals surface area contributed by atoms with Gasteiger partial charge in [-0.15, -0.1) is 0 Å². The Hall–Kier alpha value is -0.450. The van der Waals surface area contributed by atoms with Gasteiger partial charge in [0.25, 0.3) is 0 Å². The van der Waals surface area contributed by atoms with Crippen molar-refractivity contribution in [3.8, 4) is 0 Å². The highest BCUT2D eigenvalue weighted by molar-refractivity contribution is 8.08. The minimum Gasteiger partial charge on any atom is -0.386 e. The highest BCUT2D eigenvalue weighted by atomic mass is 35.7. The lowest BCUT2D eigenvalue weighted by molar-refractivity contribution is 0.0780. The highest BCUT2D eigenvalue weighted by Crippen LogP contribution is 2.21. The molecule has 0 saturated heterocycles. The molecule has 1 aromatic heterocycles. The molecule has 1 rings (SSSR count). The standard InChI is InChI=1S/C8H10ClNO2S.C2H6/c1-8(2,11)6-3-7(13(9)12)5-10-4-6;1-2/h3-5,11H,1-2H3;1-2H3. The zero-order valence-electron chi connectivity index (χ0n) is 9.32. The van der Waals surface area contributed by atoms with E-state index in [9.17, 15) is 9.32 Å². The number of halogens is 1. The molecule has 86 valence electrons. The predicted molar refractivity (Wildman–Crippen MR) is 63.1 cm³/mol. The average Bonchev–Trinajstić information content (AvgIpc) is 2.20. The first-order valence-corrected chi connectivity index (χ1v) is 6.65. The van der Waals surface area contributed by atoms with E-state index in [-0.39, 0.29) is 0 Å². The van der Waals surface area contributed by atoms with Crippen molar-refractivity contribution in [3.63, 3.8) is 0 Å². The van der Waals surface area contributed by atoms with Gasteiger partial charge in [-0.25, -0.2) is 4.21 Å². The van der Waals surface area contributed by atoms with Crippen molar-refractivity contribution in [2.24, 2.45) is 0 Å². The first-order valence-electron chi connectivity index (χ1n) is 4.67. The fourth-order valence-electron chi connectivity index (χ4n) is 0.841. The molecule has 0 amide bonds. The minimum atomic E-state index is -1.58. The summed E-state index contributed by atoms with van der Waals surface area (Å²) in [5, 5.41) is 9.61. The van der Waals surface area contributed by atoms with Crippen LogP contribution in [-0.2, 0) is 15.6 Å². The van der Waals surface area contributed by atoms with Crippen molar-refractivity contribution < 1.29 is 9.32 Å². The lowest BCUT2D eigenvalue weighted by Gasteiger charge is -2.17. The molecule has 0 aliphatic heterocycles. The van der Waals surface area contributed by atoms with Crippen LogP contribution in [0.4, 0.5) is 0 Å². The largest absolute Gasteiger partial charge is 0.386 e. The van der Waals surface area contributed by atoms with E-state index >= 15 is 0 Å². The second-order valence-corrected chi connectivity index (χ2v) is 4.95. The van der Waals surface area contributed by atoms with Crippen LogP contribution in [0, 0.1) is 0 Å². The lowest BCUT2D eigenvalue weighted by atomic mass is 10.0. The Labute approximate surface area is 97.5 Å². The van der Waals surface area contributed by atoms with E-state index in [2.05, 4.69) is 4.98 Å². The number of hydrogen-bond donors (Lipinski definition) is 1.